The topological polar surface area (TPSA) is 44.5 Å². The van der Waals surface area contributed by atoms with Crippen LogP contribution in [0.5, 0.6) is 11.5 Å². The van der Waals surface area contributed by atoms with Crippen LogP contribution in [-0.4, -0.2) is 20.3 Å². The third-order valence-electron chi connectivity index (χ3n) is 3.14. The van der Waals surface area contributed by atoms with Gasteiger partial charge in [-0.2, -0.15) is 0 Å². The average molecular weight is 221 g/mol. The molecular formula is C13H19NO2. The standard InChI is InChI=1S/C13H19NO2/c1-3-16-12-5-4-9(7-13(12)15-2)11-6-10(11)8-14/h4-5,7,10-11H,3,6,8,14H2,1-2H3/t10-,11-/m0/s1. The summed E-state index contributed by atoms with van der Waals surface area (Å²) < 4.78 is 10.8. The summed E-state index contributed by atoms with van der Waals surface area (Å²) in [6.45, 7) is 3.41. The van der Waals surface area contributed by atoms with E-state index in [0.29, 0.717) is 18.4 Å². The summed E-state index contributed by atoms with van der Waals surface area (Å²) >= 11 is 0. The van der Waals surface area contributed by atoms with Crippen molar-refractivity contribution in [2.75, 3.05) is 20.3 Å². The Labute approximate surface area is 96.5 Å². The first-order valence-corrected chi connectivity index (χ1v) is 5.81. The highest BCUT2D eigenvalue weighted by Crippen LogP contribution is 2.48. The molecule has 0 unspecified atom stereocenters. The van der Waals surface area contributed by atoms with E-state index in [1.54, 1.807) is 7.11 Å². The second kappa shape index (κ2) is 4.74. The van der Waals surface area contributed by atoms with Crippen molar-refractivity contribution in [3.8, 4) is 11.5 Å². The van der Waals surface area contributed by atoms with Gasteiger partial charge in [0, 0.05) is 0 Å². The lowest BCUT2D eigenvalue weighted by Crippen LogP contribution is -2.02. The molecule has 0 heterocycles. The van der Waals surface area contributed by atoms with E-state index in [4.69, 9.17) is 15.2 Å². The summed E-state index contributed by atoms with van der Waals surface area (Å²) in [5.74, 6) is 2.91. The van der Waals surface area contributed by atoms with Gasteiger partial charge in [-0.05, 0) is 49.4 Å². The van der Waals surface area contributed by atoms with Crippen molar-refractivity contribution in [1.29, 1.82) is 0 Å². The molecule has 0 bridgehead atoms. The molecule has 3 heteroatoms. The van der Waals surface area contributed by atoms with Gasteiger partial charge < -0.3 is 15.2 Å². The lowest BCUT2D eigenvalue weighted by Gasteiger charge is -2.10. The van der Waals surface area contributed by atoms with Gasteiger partial charge in [0.25, 0.3) is 0 Å². The molecule has 1 aromatic carbocycles. The Kier molecular flexibility index (Phi) is 3.34. The molecule has 1 aromatic rings. The molecule has 0 spiro atoms. The first kappa shape index (κ1) is 11.3. The van der Waals surface area contributed by atoms with E-state index in [0.717, 1.165) is 18.0 Å². The zero-order valence-corrected chi connectivity index (χ0v) is 9.90. The molecule has 16 heavy (non-hydrogen) atoms. The molecule has 0 saturated heterocycles. The predicted octanol–water partition coefficient (Wildman–Crippen LogP) is 2.16. The van der Waals surface area contributed by atoms with Gasteiger partial charge in [0.15, 0.2) is 11.5 Å². The second-order valence-electron chi connectivity index (χ2n) is 4.18. The van der Waals surface area contributed by atoms with Crippen molar-refractivity contribution >= 4 is 0 Å². The van der Waals surface area contributed by atoms with Crippen LogP contribution in [0, 0.1) is 5.92 Å². The number of benzene rings is 1. The second-order valence-corrected chi connectivity index (χ2v) is 4.18. The third kappa shape index (κ3) is 2.14. The van der Waals surface area contributed by atoms with Crippen molar-refractivity contribution in [2.45, 2.75) is 19.3 Å². The molecule has 1 saturated carbocycles. The van der Waals surface area contributed by atoms with E-state index in [2.05, 4.69) is 12.1 Å². The molecule has 1 aliphatic carbocycles. The zero-order chi connectivity index (χ0) is 11.5. The van der Waals surface area contributed by atoms with E-state index < -0.39 is 0 Å². The number of hydrogen-bond donors (Lipinski definition) is 1. The van der Waals surface area contributed by atoms with Crippen LogP contribution in [0.3, 0.4) is 0 Å². The van der Waals surface area contributed by atoms with E-state index in [1.165, 1.54) is 12.0 Å². The van der Waals surface area contributed by atoms with Crippen LogP contribution in [0.2, 0.25) is 0 Å². The summed E-state index contributed by atoms with van der Waals surface area (Å²) in [6, 6.07) is 6.18. The van der Waals surface area contributed by atoms with Crippen molar-refractivity contribution in [3.05, 3.63) is 23.8 Å². The summed E-state index contributed by atoms with van der Waals surface area (Å²) in [4.78, 5) is 0. The molecule has 3 nitrogen and oxygen atoms in total. The highest BCUT2D eigenvalue weighted by Gasteiger charge is 2.37. The first-order chi connectivity index (χ1) is 7.80. The minimum atomic E-state index is 0.620. The van der Waals surface area contributed by atoms with E-state index in [-0.39, 0.29) is 0 Å². The van der Waals surface area contributed by atoms with E-state index in [1.807, 2.05) is 13.0 Å². The molecular weight excluding hydrogens is 202 g/mol. The number of nitrogens with two attached hydrogens (primary N) is 1. The van der Waals surface area contributed by atoms with Crippen LogP contribution < -0.4 is 15.2 Å². The summed E-state index contributed by atoms with van der Waals surface area (Å²) in [6.07, 6.45) is 1.20. The third-order valence-corrected chi connectivity index (χ3v) is 3.14. The van der Waals surface area contributed by atoms with Gasteiger partial charge in [-0.1, -0.05) is 6.07 Å². The quantitative estimate of drug-likeness (QED) is 0.828. The highest BCUT2D eigenvalue weighted by atomic mass is 16.5. The van der Waals surface area contributed by atoms with Crippen molar-refractivity contribution in [3.63, 3.8) is 0 Å². The minimum absolute atomic E-state index is 0.620. The predicted molar refractivity (Wildman–Crippen MR) is 64.1 cm³/mol. The van der Waals surface area contributed by atoms with Gasteiger partial charge in [-0.15, -0.1) is 0 Å². The fourth-order valence-corrected chi connectivity index (χ4v) is 2.11. The van der Waals surface area contributed by atoms with Gasteiger partial charge >= 0.3 is 0 Å². The van der Waals surface area contributed by atoms with Crippen molar-refractivity contribution in [2.24, 2.45) is 11.7 Å². The Hall–Kier alpha value is -1.22. The summed E-state index contributed by atoms with van der Waals surface area (Å²) in [5.41, 5.74) is 6.97. The van der Waals surface area contributed by atoms with Crippen LogP contribution in [-0.2, 0) is 0 Å². The maximum atomic E-state index is 5.65. The molecule has 2 atom stereocenters. The lowest BCUT2D eigenvalue weighted by atomic mass is 10.1. The molecule has 1 fully saturated rings. The molecule has 2 rings (SSSR count). The van der Waals surface area contributed by atoms with Gasteiger partial charge in [-0.25, -0.2) is 0 Å². The Morgan fingerprint density at radius 1 is 1.38 bits per heavy atom. The number of rotatable bonds is 5. The fraction of sp³-hybridized carbons (Fsp3) is 0.538. The first-order valence-electron chi connectivity index (χ1n) is 5.81. The largest absolute Gasteiger partial charge is 0.493 e. The van der Waals surface area contributed by atoms with Crippen LogP contribution in [0.4, 0.5) is 0 Å². The summed E-state index contributed by atoms with van der Waals surface area (Å²) in [5, 5.41) is 0. The molecule has 0 amide bonds. The normalized spacial score (nSPS) is 22.9. The molecule has 0 aliphatic heterocycles. The summed E-state index contributed by atoms with van der Waals surface area (Å²) in [7, 11) is 1.68. The highest BCUT2D eigenvalue weighted by molar-refractivity contribution is 5.45. The Bertz CT molecular complexity index is 365. The van der Waals surface area contributed by atoms with Gasteiger partial charge in [0.1, 0.15) is 0 Å². The van der Waals surface area contributed by atoms with Crippen LogP contribution in [0.1, 0.15) is 24.8 Å². The Balaban J connectivity index is 2.17. The van der Waals surface area contributed by atoms with Crippen molar-refractivity contribution in [1.82, 2.24) is 0 Å². The molecule has 0 aromatic heterocycles. The van der Waals surface area contributed by atoms with Gasteiger partial charge in [0.05, 0.1) is 13.7 Å². The fourth-order valence-electron chi connectivity index (χ4n) is 2.11. The maximum absolute atomic E-state index is 5.65. The number of hydrogen-bond acceptors (Lipinski definition) is 3. The maximum Gasteiger partial charge on any atom is 0.161 e. The molecule has 1 aliphatic rings. The van der Waals surface area contributed by atoms with E-state index in [9.17, 15) is 0 Å². The smallest absolute Gasteiger partial charge is 0.161 e. The van der Waals surface area contributed by atoms with Crippen LogP contribution in [0.25, 0.3) is 0 Å². The molecule has 2 N–H and O–H groups in total. The SMILES string of the molecule is CCOc1ccc([C@@H]2C[C@H]2CN)cc1OC. The average Bonchev–Trinajstić information content (AvgIpc) is 3.09. The molecule has 88 valence electrons. The van der Waals surface area contributed by atoms with Gasteiger partial charge in [-0.3, -0.25) is 0 Å². The van der Waals surface area contributed by atoms with Crippen molar-refractivity contribution < 1.29 is 9.47 Å². The minimum Gasteiger partial charge on any atom is -0.493 e. The van der Waals surface area contributed by atoms with Gasteiger partial charge in [0.2, 0.25) is 0 Å². The van der Waals surface area contributed by atoms with Crippen LogP contribution >= 0.6 is 0 Å². The number of methoxy groups -OCH3 is 1. The lowest BCUT2D eigenvalue weighted by molar-refractivity contribution is 0.310. The monoisotopic (exact) mass is 221 g/mol. The molecule has 0 radical (unpaired) electrons. The number of ether oxygens (including phenoxy) is 2. The Morgan fingerprint density at radius 3 is 2.75 bits per heavy atom. The van der Waals surface area contributed by atoms with Crippen LogP contribution in [0.15, 0.2) is 18.2 Å². The van der Waals surface area contributed by atoms with E-state index >= 15 is 0 Å². The Morgan fingerprint density at radius 2 is 2.19 bits per heavy atom. The zero-order valence-electron chi connectivity index (χ0n) is 9.90.